The summed E-state index contributed by atoms with van der Waals surface area (Å²) in [6, 6.07) is 15.5. The van der Waals surface area contributed by atoms with Gasteiger partial charge in [-0.25, -0.2) is 4.79 Å². The van der Waals surface area contributed by atoms with Crippen molar-refractivity contribution in [3.63, 3.8) is 0 Å². The quantitative estimate of drug-likeness (QED) is 0.798. The summed E-state index contributed by atoms with van der Waals surface area (Å²) in [5.41, 5.74) is 2.49. The van der Waals surface area contributed by atoms with Crippen molar-refractivity contribution in [2.24, 2.45) is 0 Å². The Morgan fingerprint density at radius 1 is 1.04 bits per heavy atom. The molecule has 0 aliphatic heterocycles. The molecule has 0 heterocycles. The molecule has 0 atom stereocenters. The molecule has 0 aliphatic rings. The van der Waals surface area contributed by atoms with Crippen LogP contribution >= 0.6 is 0 Å². The molecule has 0 bridgehead atoms. The number of carbonyl (C=O) groups excluding carboxylic acids is 2. The smallest absolute Gasteiger partial charge is 0.337 e. The number of amides is 1. The number of hydrogen-bond acceptors (Lipinski definition) is 5. The lowest BCUT2D eigenvalue weighted by Crippen LogP contribution is -2.16. The fraction of sp³-hybridized carbons (Fsp3) is 0.167. The third-order valence-electron chi connectivity index (χ3n) is 3.28. The molecular formula is C18H17N3O3. The van der Waals surface area contributed by atoms with E-state index in [0.717, 1.165) is 5.69 Å². The molecule has 2 aromatic carbocycles. The van der Waals surface area contributed by atoms with E-state index < -0.39 is 0 Å². The summed E-state index contributed by atoms with van der Waals surface area (Å²) in [6.45, 7) is 0.458. The van der Waals surface area contributed by atoms with Crippen LogP contribution < -0.4 is 10.6 Å². The predicted molar refractivity (Wildman–Crippen MR) is 90.7 cm³/mol. The number of anilines is 2. The van der Waals surface area contributed by atoms with Crippen LogP contribution in [0.2, 0.25) is 0 Å². The van der Waals surface area contributed by atoms with Gasteiger partial charge in [-0.2, -0.15) is 5.26 Å². The van der Waals surface area contributed by atoms with Gasteiger partial charge in [-0.05, 0) is 48.5 Å². The maximum absolute atomic E-state index is 11.9. The maximum Gasteiger partial charge on any atom is 0.337 e. The number of nitrogens with zero attached hydrogens (tertiary/aromatic N) is 1. The normalized spacial score (nSPS) is 9.67. The molecule has 0 unspecified atom stereocenters. The largest absolute Gasteiger partial charge is 0.465 e. The molecule has 6 nitrogen and oxygen atoms in total. The lowest BCUT2D eigenvalue weighted by molar-refractivity contribution is -0.115. The highest BCUT2D eigenvalue weighted by molar-refractivity contribution is 5.91. The molecule has 0 aromatic heterocycles. The molecule has 0 spiro atoms. The molecule has 2 N–H and O–H groups in total. The number of rotatable bonds is 6. The van der Waals surface area contributed by atoms with E-state index in [-0.39, 0.29) is 11.9 Å². The zero-order chi connectivity index (χ0) is 17.4. The van der Waals surface area contributed by atoms with Crippen molar-refractivity contribution >= 4 is 23.3 Å². The third-order valence-corrected chi connectivity index (χ3v) is 3.28. The van der Waals surface area contributed by atoms with Crippen LogP contribution in [0.5, 0.6) is 0 Å². The average molecular weight is 323 g/mol. The molecule has 2 aromatic rings. The second-order valence-electron chi connectivity index (χ2n) is 4.98. The summed E-state index contributed by atoms with van der Waals surface area (Å²) in [6.07, 6.45) is 0.290. The molecule has 0 aliphatic carbocycles. The van der Waals surface area contributed by atoms with Gasteiger partial charge in [-0.15, -0.1) is 0 Å². The third kappa shape index (κ3) is 4.85. The fourth-order valence-corrected chi connectivity index (χ4v) is 2.01. The number of hydrogen-bond donors (Lipinski definition) is 2. The van der Waals surface area contributed by atoms with E-state index in [2.05, 4.69) is 15.4 Å². The van der Waals surface area contributed by atoms with Gasteiger partial charge in [0.1, 0.15) is 0 Å². The standard InChI is InChI=1S/C18H17N3O3/c1-24-18(23)14-4-8-15(9-5-14)20-11-10-17(22)21-16-6-2-13(12-19)3-7-16/h2-9,20H,10-11H2,1H3,(H,21,22). The minimum Gasteiger partial charge on any atom is -0.465 e. The predicted octanol–water partition coefficient (Wildman–Crippen LogP) is 2.79. The first-order valence-electron chi connectivity index (χ1n) is 7.34. The molecule has 0 radical (unpaired) electrons. The van der Waals surface area contributed by atoms with Gasteiger partial charge in [0.05, 0.1) is 24.3 Å². The van der Waals surface area contributed by atoms with Gasteiger partial charge in [0, 0.05) is 24.3 Å². The van der Waals surface area contributed by atoms with Crippen LogP contribution in [-0.2, 0) is 9.53 Å². The van der Waals surface area contributed by atoms with Crippen LogP contribution in [0.3, 0.4) is 0 Å². The van der Waals surface area contributed by atoms with Crippen LogP contribution in [-0.4, -0.2) is 25.5 Å². The summed E-state index contributed by atoms with van der Waals surface area (Å²) in [5, 5.41) is 14.6. The fourth-order valence-electron chi connectivity index (χ4n) is 2.01. The molecule has 24 heavy (non-hydrogen) atoms. The van der Waals surface area contributed by atoms with Crippen molar-refractivity contribution < 1.29 is 14.3 Å². The van der Waals surface area contributed by atoms with Crippen LogP contribution in [0.4, 0.5) is 11.4 Å². The average Bonchev–Trinajstić information content (AvgIpc) is 2.62. The minimum atomic E-state index is -0.386. The highest BCUT2D eigenvalue weighted by Crippen LogP contribution is 2.11. The molecule has 2 rings (SSSR count). The van der Waals surface area contributed by atoms with E-state index in [1.165, 1.54) is 7.11 Å². The van der Waals surface area contributed by atoms with Gasteiger partial charge in [-0.3, -0.25) is 4.79 Å². The summed E-state index contributed by atoms with van der Waals surface area (Å²) in [5.74, 6) is -0.512. The van der Waals surface area contributed by atoms with E-state index in [1.54, 1.807) is 48.5 Å². The first-order chi connectivity index (χ1) is 11.6. The van der Waals surface area contributed by atoms with E-state index in [0.29, 0.717) is 29.8 Å². The number of carbonyl (C=O) groups is 2. The second kappa shape index (κ2) is 8.34. The van der Waals surface area contributed by atoms with Crippen molar-refractivity contribution in [2.75, 3.05) is 24.3 Å². The first kappa shape index (κ1) is 17.0. The van der Waals surface area contributed by atoms with Crippen molar-refractivity contribution in [3.05, 3.63) is 59.7 Å². The van der Waals surface area contributed by atoms with E-state index in [9.17, 15) is 9.59 Å². The van der Waals surface area contributed by atoms with Crippen LogP contribution in [0, 0.1) is 11.3 Å². The number of ether oxygens (including phenoxy) is 1. The first-order valence-corrected chi connectivity index (χ1v) is 7.34. The SMILES string of the molecule is COC(=O)c1ccc(NCCC(=O)Nc2ccc(C#N)cc2)cc1. The summed E-state index contributed by atoms with van der Waals surface area (Å²) < 4.78 is 4.63. The van der Waals surface area contributed by atoms with Gasteiger partial charge in [0.25, 0.3) is 0 Å². The number of benzene rings is 2. The van der Waals surface area contributed by atoms with E-state index in [4.69, 9.17) is 5.26 Å². The van der Waals surface area contributed by atoms with E-state index >= 15 is 0 Å². The molecule has 0 saturated carbocycles. The zero-order valence-corrected chi connectivity index (χ0v) is 13.2. The van der Waals surface area contributed by atoms with Crippen LogP contribution in [0.1, 0.15) is 22.3 Å². The van der Waals surface area contributed by atoms with Gasteiger partial charge in [-0.1, -0.05) is 0 Å². The number of esters is 1. The summed E-state index contributed by atoms with van der Waals surface area (Å²) in [7, 11) is 1.33. The van der Waals surface area contributed by atoms with Crippen molar-refractivity contribution in [1.29, 1.82) is 5.26 Å². The van der Waals surface area contributed by atoms with Gasteiger partial charge in [0.2, 0.25) is 5.91 Å². The van der Waals surface area contributed by atoms with Gasteiger partial charge < -0.3 is 15.4 Å². The highest BCUT2D eigenvalue weighted by Gasteiger charge is 2.05. The molecule has 6 heteroatoms. The Labute approximate surface area is 140 Å². The van der Waals surface area contributed by atoms with Crippen molar-refractivity contribution in [2.45, 2.75) is 6.42 Å². The van der Waals surface area contributed by atoms with Crippen LogP contribution in [0.25, 0.3) is 0 Å². The lowest BCUT2D eigenvalue weighted by Gasteiger charge is -2.08. The van der Waals surface area contributed by atoms with E-state index in [1.807, 2.05) is 6.07 Å². The highest BCUT2D eigenvalue weighted by atomic mass is 16.5. The summed E-state index contributed by atoms with van der Waals surface area (Å²) in [4.78, 5) is 23.2. The van der Waals surface area contributed by atoms with Crippen molar-refractivity contribution in [1.82, 2.24) is 0 Å². The monoisotopic (exact) mass is 323 g/mol. The number of nitrogens with one attached hydrogen (secondary N) is 2. The Bertz CT molecular complexity index is 747. The topological polar surface area (TPSA) is 91.2 Å². The molecular weight excluding hydrogens is 306 g/mol. The Kier molecular flexibility index (Phi) is 5.92. The Morgan fingerprint density at radius 2 is 1.67 bits per heavy atom. The Hall–Kier alpha value is -3.33. The Morgan fingerprint density at radius 3 is 2.25 bits per heavy atom. The second-order valence-corrected chi connectivity index (χ2v) is 4.98. The number of methoxy groups -OCH3 is 1. The van der Waals surface area contributed by atoms with Crippen molar-refractivity contribution in [3.8, 4) is 6.07 Å². The molecule has 0 fully saturated rings. The Balaban J connectivity index is 1.77. The molecule has 1 amide bonds. The van der Waals surface area contributed by atoms with Gasteiger partial charge >= 0.3 is 5.97 Å². The molecule has 0 saturated heterocycles. The lowest BCUT2D eigenvalue weighted by atomic mass is 10.2. The van der Waals surface area contributed by atoms with Crippen LogP contribution in [0.15, 0.2) is 48.5 Å². The zero-order valence-electron chi connectivity index (χ0n) is 13.2. The maximum atomic E-state index is 11.9. The van der Waals surface area contributed by atoms with Gasteiger partial charge in [0.15, 0.2) is 0 Å². The number of nitriles is 1. The minimum absolute atomic E-state index is 0.126. The summed E-state index contributed by atoms with van der Waals surface area (Å²) >= 11 is 0. The molecule has 122 valence electrons.